The number of carbonyl (C=O) groups excluding carboxylic acids is 1. The van der Waals surface area contributed by atoms with Crippen molar-refractivity contribution in [2.45, 2.75) is 38.3 Å². The van der Waals surface area contributed by atoms with E-state index in [1.54, 1.807) is 6.26 Å². The molecule has 0 radical (unpaired) electrons. The third kappa shape index (κ3) is 2.35. The summed E-state index contributed by atoms with van der Waals surface area (Å²) in [6, 6.07) is 4.11. The van der Waals surface area contributed by atoms with Gasteiger partial charge in [0.1, 0.15) is 5.76 Å². The minimum Gasteiger partial charge on any atom is -0.467 e. The van der Waals surface area contributed by atoms with Crippen molar-refractivity contribution in [2.75, 3.05) is 0 Å². The quantitative estimate of drug-likeness (QED) is 0.729. The summed E-state index contributed by atoms with van der Waals surface area (Å²) in [5, 5.41) is 0. The Morgan fingerprint density at radius 3 is 2.88 bits per heavy atom. The second kappa shape index (κ2) is 5.01. The standard InChI is InChI=1S/C13H17NO2/c1-2-13(15)14(11-6-3-4-7-11)10-12-8-5-9-16-12/h2,5,8-9,11H,1,3-4,6-7,10H2. The van der Waals surface area contributed by atoms with Gasteiger partial charge in [-0.15, -0.1) is 0 Å². The maximum absolute atomic E-state index is 11.8. The Morgan fingerprint density at radius 1 is 1.56 bits per heavy atom. The van der Waals surface area contributed by atoms with Gasteiger partial charge in [-0.2, -0.15) is 0 Å². The Morgan fingerprint density at radius 2 is 2.31 bits per heavy atom. The van der Waals surface area contributed by atoms with Crippen LogP contribution in [0, 0.1) is 0 Å². The predicted molar refractivity (Wildman–Crippen MR) is 61.7 cm³/mol. The van der Waals surface area contributed by atoms with E-state index in [9.17, 15) is 4.79 Å². The van der Waals surface area contributed by atoms with E-state index in [4.69, 9.17) is 4.42 Å². The van der Waals surface area contributed by atoms with Crippen LogP contribution in [-0.4, -0.2) is 16.8 Å². The van der Waals surface area contributed by atoms with Gasteiger partial charge in [0, 0.05) is 6.04 Å². The number of rotatable bonds is 4. The normalized spacial score (nSPS) is 16.2. The molecular weight excluding hydrogens is 202 g/mol. The Hall–Kier alpha value is -1.51. The van der Waals surface area contributed by atoms with Gasteiger partial charge in [-0.05, 0) is 31.1 Å². The van der Waals surface area contributed by atoms with E-state index in [2.05, 4.69) is 6.58 Å². The first-order valence-corrected chi connectivity index (χ1v) is 5.76. The van der Waals surface area contributed by atoms with E-state index in [0.29, 0.717) is 12.6 Å². The van der Waals surface area contributed by atoms with Gasteiger partial charge in [0.25, 0.3) is 0 Å². The smallest absolute Gasteiger partial charge is 0.246 e. The first-order chi connectivity index (χ1) is 7.81. The van der Waals surface area contributed by atoms with Crippen LogP contribution in [0.2, 0.25) is 0 Å². The Balaban J connectivity index is 2.07. The maximum atomic E-state index is 11.8. The van der Waals surface area contributed by atoms with Gasteiger partial charge in [0.2, 0.25) is 5.91 Å². The second-order valence-electron chi connectivity index (χ2n) is 4.19. The molecule has 3 nitrogen and oxygen atoms in total. The third-order valence-corrected chi connectivity index (χ3v) is 3.13. The van der Waals surface area contributed by atoms with Crippen LogP contribution in [0.15, 0.2) is 35.5 Å². The van der Waals surface area contributed by atoms with E-state index in [1.165, 1.54) is 18.9 Å². The van der Waals surface area contributed by atoms with Gasteiger partial charge >= 0.3 is 0 Å². The zero-order valence-corrected chi connectivity index (χ0v) is 9.39. The molecule has 0 bridgehead atoms. The van der Waals surface area contributed by atoms with Crippen molar-refractivity contribution in [3.8, 4) is 0 Å². The molecule has 1 aromatic rings. The molecule has 0 atom stereocenters. The van der Waals surface area contributed by atoms with Crippen molar-refractivity contribution in [3.63, 3.8) is 0 Å². The largest absolute Gasteiger partial charge is 0.467 e. The lowest BCUT2D eigenvalue weighted by Gasteiger charge is -2.26. The third-order valence-electron chi connectivity index (χ3n) is 3.13. The molecule has 0 aliphatic heterocycles. The van der Waals surface area contributed by atoms with Crippen LogP contribution >= 0.6 is 0 Å². The molecule has 0 spiro atoms. The van der Waals surface area contributed by atoms with Crippen molar-refractivity contribution >= 4 is 5.91 Å². The first-order valence-electron chi connectivity index (χ1n) is 5.76. The molecule has 0 aromatic carbocycles. The van der Waals surface area contributed by atoms with Crippen molar-refractivity contribution in [1.82, 2.24) is 4.90 Å². The molecule has 0 unspecified atom stereocenters. The summed E-state index contributed by atoms with van der Waals surface area (Å²) in [4.78, 5) is 13.7. The van der Waals surface area contributed by atoms with Crippen LogP contribution in [0.5, 0.6) is 0 Å². The predicted octanol–water partition coefficient (Wildman–Crippen LogP) is 2.74. The fourth-order valence-electron chi connectivity index (χ4n) is 2.29. The first kappa shape index (κ1) is 11.0. The fourth-order valence-corrected chi connectivity index (χ4v) is 2.29. The summed E-state index contributed by atoms with van der Waals surface area (Å²) in [6.45, 7) is 4.12. The SMILES string of the molecule is C=CC(=O)N(Cc1ccco1)C1CCCC1. The van der Waals surface area contributed by atoms with Crippen LogP contribution in [0.3, 0.4) is 0 Å². The molecule has 0 N–H and O–H groups in total. The summed E-state index contributed by atoms with van der Waals surface area (Å²) >= 11 is 0. The highest BCUT2D eigenvalue weighted by molar-refractivity contribution is 5.87. The highest BCUT2D eigenvalue weighted by Crippen LogP contribution is 2.25. The second-order valence-corrected chi connectivity index (χ2v) is 4.19. The zero-order chi connectivity index (χ0) is 11.4. The average molecular weight is 219 g/mol. The molecular formula is C13H17NO2. The number of carbonyl (C=O) groups is 1. The molecule has 0 saturated heterocycles. The van der Waals surface area contributed by atoms with Gasteiger partial charge in [-0.25, -0.2) is 0 Å². The summed E-state index contributed by atoms with van der Waals surface area (Å²) in [5.41, 5.74) is 0. The van der Waals surface area contributed by atoms with E-state index < -0.39 is 0 Å². The monoisotopic (exact) mass is 219 g/mol. The number of hydrogen-bond donors (Lipinski definition) is 0. The van der Waals surface area contributed by atoms with Crippen molar-refractivity contribution in [2.24, 2.45) is 0 Å². The molecule has 1 fully saturated rings. The van der Waals surface area contributed by atoms with E-state index in [0.717, 1.165) is 18.6 Å². The lowest BCUT2D eigenvalue weighted by Crippen LogP contribution is -2.36. The van der Waals surface area contributed by atoms with Crippen LogP contribution < -0.4 is 0 Å². The molecule has 3 heteroatoms. The minimum atomic E-state index is 0.00306. The van der Waals surface area contributed by atoms with Crippen LogP contribution in [0.4, 0.5) is 0 Å². The number of amides is 1. The minimum absolute atomic E-state index is 0.00306. The van der Waals surface area contributed by atoms with Gasteiger partial charge < -0.3 is 9.32 Å². The van der Waals surface area contributed by atoms with Crippen molar-refractivity contribution in [1.29, 1.82) is 0 Å². The van der Waals surface area contributed by atoms with E-state index in [1.807, 2.05) is 17.0 Å². The van der Waals surface area contributed by atoms with Gasteiger partial charge in [-0.1, -0.05) is 19.4 Å². The zero-order valence-electron chi connectivity index (χ0n) is 9.39. The lowest BCUT2D eigenvalue weighted by atomic mass is 10.2. The molecule has 1 aromatic heterocycles. The summed E-state index contributed by atoms with van der Waals surface area (Å²) in [6.07, 6.45) is 7.65. The molecule has 1 saturated carbocycles. The Labute approximate surface area is 95.7 Å². The average Bonchev–Trinajstić information content (AvgIpc) is 2.97. The highest BCUT2D eigenvalue weighted by Gasteiger charge is 2.25. The van der Waals surface area contributed by atoms with Gasteiger partial charge in [-0.3, -0.25) is 4.79 Å². The van der Waals surface area contributed by atoms with Crippen LogP contribution in [0.25, 0.3) is 0 Å². The van der Waals surface area contributed by atoms with Gasteiger partial charge in [0.15, 0.2) is 0 Å². The maximum Gasteiger partial charge on any atom is 0.246 e. The Bertz CT molecular complexity index is 350. The van der Waals surface area contributed by atoms with Crippen molar-refractivity contribution in [3.05, 3.63) is 36.8 Å². The molecule has 1 aliphatic rings. The molecule has 1 aliphatic carbocycles. The van der Waals surface area contributed by atoms with Crippen LogP contribution in [0.1, 0.15) is 31.4 Å². The summed E-state index contributed by atoms with van der Waals surface area (Å²) < 4.78 is 5.29. The number of hydrogen-bond acceptors (Lipinski definition) is 2. The Kier molecular flexibility index (Phi) is 3.44. The topological polar surface area (TPSA) is 33.5 Å². The molecule has 2 rings (SSSR count). The van der Waals surface area contributed by atoms with E-state index >= 15 is 0 Å². The summed E-state index contributed by atoms with van der Waals surface area (Å²) in [7, 11) is 0. The highest BCUT2D eigenvalue weighted by atomic mass is 16.3. The lowest BCUT2D eigenvalue weighted by molar-refractivity contribution is -0.129. The molecule has 1 amide bonds. The number of nitrogens with zero attached hydrogens (tertiary/aromatic N) is 1. The number of furan rings is 1. The van der Waals surface area contributed by atoms with Crippen molar-refractivity contribution < 1.29 is 9.21 Å². The molecule has 86 valence electrons. The fraction of sp³-hybridized carbons (Fsp3) is 0.462. The summed E-state index contributed by atoms with van der Waals surface area (Å²) in [5.74, 6) is 0.838. The van der Waals surface area contributed by atoms with Gasteiger partial charge in [0.05, 0.1) is 12.8 Å². The van der Waals surface area contributed by atoms with E-state index in [-0.39, 0.29) is 5.91 Å². The molecule has 16 heavy (non-hydrogen) atoms. The van der Waals surface area contributed by atoms with Crippen LogP contribution in [-0.2, 0) is 11.3 Å². The molecule has 1 heterocycles.